The Morgan fingerprint density at radius 1 is 1.07 bits per heavy atom. The molecule has 0 bridgehead atoms. The normalized spacial score (nSPS) is 14.1. The number of benzene rings is 1. The Balaban J connectivity index is 2.26. The maximum absolute atomic E-state index is 3.05. The Hall–Kier alpha value is -1.74. The molecule has 74 valence electrons. The lowest BCUT2D eigenvalue weighted by atomic mass is 9.99. The maximum atomic E-state index is 3.05. The average Bonchev–Trinajstić information content (AvgIpc) is 2.32. The van der Waals surface area contributed by atoms with Gasteiger partial charge >= 0.3 is 0 Å². The van der Waals surface area contributed by atoms with E-state index in [0.29, 0.717) is 0 Å². The molecule has 1 aliphatic carbocycles. The summed E-state index contributed by atoms with van der Waals surface area (Å²) in [6, 6.07) is 8.44. The number of hydrogen-bond acceptors (Lipinski definition) is 0. The van der Waals surface area contributed by atoms with Gasteiger partial charge in [0.05, 0.1) is 0 Å². The van der Waals surface area contributed by atoms with Gasteiger partial charge in [-0.3, -0.25) is 0 Å². The third-order valence-corrected chi connectivity index (χ3v) is 2.48. The van der Waals surface area contributed by atoms with E-state index in [0.717, 1.165) is 12.0 Å². The van der Waals surface area contributed by atoms with E-state index < -0.39 is 0 Å². The van der Waals surface area contributed by atoms with Crippen LogP contribution in [0, 0.1) is 11.8 Å². The van der Waals surface area contributed by atoms with Gasteiger partial charge in [-0.25, -0.2) is 0 Å². The molecule has 1 aromatic carbocycles. The third-order valence-electron chi connectivity index (χ3n) is 2.48. The fourth-order valence-electron chi connectivity index (χ4n) is 1.72. The van der Waals surface area contributed by atoms with Crippen LogP contribution < -0.4 is 0 Å². The van der Waals surface area contributed by atoms with Gasteiger partial charge in [-0.1, -0.05) is 36.3 Å². The lowest BCUT2D eigenvalue weighted by molar-refractivity contribution is 1.04. The summed E-state index contributed by atoms with van der Waals surface area (Å²) >= 11 is 0. The summed E-state index contributed by atoms with van der Waals surface area (Å²) in [5.41, 5.74) is 3.70. The number of allylic oxidation sites excluding steroid dienone is 4. The maximum Gasteiger partial charge on any atom is 0.0245 e. The summed E-state index contributed by atoms with van der Waals surface area (Å²) in [7, 11) is 0. The zero-order valence-corrected chi connectivity index (χ0v) is 8.96. The van der Waals surface area contributed by atoms with Gasteiger partial charge in [-0.15, -0.1) is 5.92 Å². The van der Waals surface area contributed by atoms with Crippen molar-refractivity contribution >= 4 is 5.57 Å². The highest BCUT2D eigenvalue weighted by atomic mass is 14.0. The Kier molecular flexibility index (Phi) is 3.05. The minimum Gasteiger partial charge on any atom is -0.101 e. The lowest BCUT2D eigenvalue weighted by Crippen LogP contribution is -1.86. The van der Waals surface area contributed by atoms with E-state index in [9.17, 15) is 0 Å². The van der Waals surface area contributed by atoms with Crippen molar-refractivity contribution < 1.29 is 0 Å². The Morgan fingerprint density at radius 3 is 2.47 bits per heavy atom. The van der Waals surface area contributed by atoms with Gasteiger partial charge in [0.1, 0.15) is 0 Å². The molecule has 0 N–H and O–H groups in total. The van der Waals surface area contributed by atoms with Crippen molar-refractivity contribution in [3.63, 3.8) is 0 Å². The highest BCUT2D eigenvalue weighted by Crippen LogP contribution is 2.21. The van der Waals surface area contributed by atoms with Gasteiger partial charge < -0.3 is 0 Å². The SMILES string of the molecule is CC#Cc1ccc(C2=CCCC=C2)cc1. The molecule has 0 aromatic heterocycles. The smallest absolute Gasteiger partial charge is 0.0245 e. The Labute approximate surface area is 91.3 Å². The second-order valence-electron chi connectivity index (χ2n) is 3.59. The fraction of sp³-hybridized carbons (Fsp3) is 0.200. The molecular formula is C15H14. The number of rotatable bonds is 1. The van der Waals surface area contributed by atoms with Crippen LogP contribution in [0.1, 0.15) is 30.9 Å². The molecule has 0 heterocycles. The molecule has 0 aliphatic heterocycles. The molecule has 0 spiro atoms. The van der Waals surface area contributed by atoms with Crippen LogP contribution >= 0.6 is 0 Å². The van der Waals surface area contributed by atoms with Gasteiger partial charge in [0.2, 0.25) is 0 Å². The molecule has 0 radical (unpaired) electrons. The van der Waals surface area contributed by atoms with E-state index in [1.165, 1.54) is 17.6 Å². The van der Waals surface area contributed by atoms with E-state index in [4.69, 9.17) is 0 Å². The van der Waals surface area contributed by atoms with E-state index in [2.05, 4.69) is 54.3 Å². The average molecular weight is 194 g/mol. The topological polar surface area (TPSA) is 0 Å². The van der Waals surface area contributed by atoms with Crippen molar-refractivity contribution in [1.29, 1.82) is 0 Å². The molecule has 0 nitrogen and oxygen atoms in total. The van der Waals surface area contributed by atoms with Crippen LogP contribution in [0.15, 0.2) is 42.5 Å². The molecule has 0 saturated carbocycles. The van der Waals surface area contributed by atoms with E-state index in [-0.39, 0.29) is 0 Å². The van der Waals surface area contributed by atoms with E-state index >= 15 is 0 Å². The largest absolute Gasteiger partial charge is 0.101 e. The Morgan fingerprint density at radius 2 is 1.87 bits per heavy atom. The summed E-state index contributed by atoms with van der Waals surface area (Å²) in [5.74, 6) is 5.95. The van der Waals surface area contributed by atoms with E-state index in [1.54, 1.807) is 0 Å². The zero-order chi connectivity index (χ0) is 10.5. The third kappa shape index (κ3) is 2.39. The van der Waals surface area contributed by atoms with Crippen molar-refractivity contribution in [2.24, 2.45) is 0 Å². The highest BCUT2D eigenvalue weighted by Gasteiger charge is 2.00. The fourth-order valence-corrected chi connectivity index (χ4v) is 1.72. The van der Waals surface area contributed by atoms with Crippen molar-refractivity contribution in [3.05, 3.63) is 53.6 Å². The molecule has 0 heteroatoms. The van der Waals surface area contributed by atoms with Gasteiger partial charge in [-0.05, 0) is 43.0 Å². The molecule has 0 amide bonds. The zero-order valence-electron chi connectivity index (χ0n) is 8.96. The van der Waals surface area contributed by atoms with Gasteiger partial charge in [-0.2, -0.15) is 0 Å². The first-order valence-electron chi connectivity index (χ1n) is 5.30. The molecule has 0 saturated heterocycles. The van der Waals surface area contributed by atoms with Crippen LogP contribution in [0.4, 0.5) is 0 Å². The molecular weight excluding hydrogens is 180 g/mol. The van der Waals surface area contributed by atoms with Crippen LogP contribution in [0.2, 0.25) is 0 Å². The molecule has 2 rings (SSSR count). The monoisotopic (exact) mass is 194 g/mol. The first-order chi connectivity index (χ1) is 7.40. The molecule has 0 unspecified atom stereocenters. The van der Waals surface area contributed by atoms with Crippen molar-refractivity contribution in [2.45, 2.75) is 19.8 Å². The minimum atomic E-state index is 1.08. The first-order valence-corrected chi connectivity index (χ1v) is 5.30. The van der Waals surface area contributed by atoms with E-state index in [1.807, 2.05) is 6.92 Å². The summed E-state index contributed by atoms with van der Waals surface area (Å²) in [4.78, 5) is 0. The van der Waals surface area contributed by atoms with Crippen molar-refractivity contribution in [3.8, 4) is 11.8 Å². The van der Waals surface area contributed by atoms with Crippen LogP contribution in [0.5, 0.6) is 0 Å². The standard InChI is InChI=1S/C15H14/c1-2-6-13-9-11-15(12-10-13)14-7-4-3-5-8-14/h4,7-12H,3,5H2,1H3. The summed E-state index contributed by atoms with van der Waals surface area (Å²) in [5, 5.41) is 0. The second-order valence-corrected chi connectivity index (χ2v) is 3.59. The quantitative estimate of drug-likeness (QED) is 0.597. The predicted octanol–water partition coefficient (Wildman–Crippen LogP) is 3.79. The summed E-state index contributed by atoms with van der Waals surface area (Å²) < 4.78 is 0. The minimum absolute atomic E-state index is 1.08. The predicted molar refractivity (Wildman–Crippen MR) is 65.3 cm³/mol. The van der Waals surface area contributed by atoms with Crippen LogP contribution in [-0.2, 0) is 0 Å². The highest BCUT2D eigenvalue weighted by molar-refractivity contribution is 5.75. The van der Waals surface area contributed by atoms with Crippen LogP contribution in [-0.4, -0.2) is 0 Å². The summed E-state index contributed by atoms with van der Waals surface area (Å²) in [6.45, 7) is 1.86. The van der Waals surface area contributed by atoms with Crippen molar-refractivity contribution in [2.75, 3.05) is 0 Å². The first kappa shape index (κ1) is 9.80. The molecule has 1 aromatic rings. The number of hydrogen-bond donors (Lipinski definition) is 0. The van der Waals surface area contributed by atoms with Gasteiger partial charge in [0.25, 0.3) is 0 Å². The van der Waals surface area contributed by atoms with Gasteiger partial charge in [0.15, 0.2) is 0 Å². The molecule has 1 aliphatic rings. The van der Waals surface area contributed by atoms with Crippen LogP contribution in [0.3, 0.4) is 0 Å². The summed E-state index contributed by atoms with van der Waals surface area (Å²) in [6.07, 6.45) is 9.05. The van der Waals surface area contributed by atoms with Crippen LogP contribution in [0.25, 0.3) is 5.57 Å². The van der Waals surface area contributed by atoms with Crippen molar-refractivity contribution in [1.82, 2.24) is 0 Å². The lowest BCUT2D eigenvalue weighted by Gasteiger charge is -2.06. The molecule has 0 atom stereocenters. The van der Waals surface area contributed by atoms with Gasteiger partial charge in [0, 0.05) is 5.56 Å². The second kappa shape index (κ2) is 4.66. The molecule has 0 fully saturated rings. The molecule has 15 heavy (non-hydrogen) atoms. The Bertz CT molecular complexity index is 447.